The summed E-state index contributed by atoms with van der Waals surface area (Å²) in [6, 6.07) is 12.7. The Hall–Kier alpha value is -2.51. The summed E-state index contributed by atoms with van der Waals surface area (Å²) in [5.74, 6) is -2.13. The summed E-state index contributed by atoms with van der Waals surface area (Å²) in [6.07, 6.45) is 0. The van der Waals surface area contributed by atoms with Crippen LogP contribution >= 0.6 is 27.5 Å². The van der Waals surface area contributed by atoms with Crippen molar-refractivity contribution >= 4 is 62.2 Å². The highest BCUT2D eigenvalue weighted by atomic mass is 79.9. The summed E-state index contributed by atoms with van der Waals surface area (Å²) in [5, 5.41) is 6.27. The molecule has 0 aliphatic carbocycles. The summed E-state index contributed by atoms with van der Waals surface area (Å²) in [6.45, 7) is 1.35. The smallest absolute Gasteiger partial charge is 0.259 e. The van der Waals surface area contributed by atoms with Crippen molar-refractivity contribution in [3.05, 3.63) is 58.0 Å². The van der Waals surface area contributed by atoms with E-state index < -0.39 is 23.8 Å². The molecule has 2 aliphatic rings. The molecule has 2 aliphatic heterocycles. The lowest BCUT2D eigenvalue weighted by molar-refractivity contribution is -0.122. The zero-order valence-corrected chi connectivity index (χ0v) is 16.4. The predicted molar refractivity (Wildman–Crippen MR) is 106 cm³/mol. The number of carbonyl (C=O) groups is 3. The van der Waals surface area contributed by atoms with Crippen molar-refractivity contribution in [3.63, 3.8) is 0 Å². The molecule has 0 saturated carbocycles. The van der Waals surface area contributed by atoms with Gasteiger partial charge in [0.15, 0.2) is 5.78 Å². The molecule has 2 heterocycles. The van der Waals surface area contributed by atoms with Crippen LogP contribution in [0.25, 0.3) is 0 Å². The van der Waals surface area contributed by atoms with E-state index in [9.17, 15) is 14.4 Å². The quantitative estimate of drug-likeness (QED) is 0.678. The summed E-state index contributed by atoms with van der Waals surface area (Å²) >= 11 is 9.27. The summed E-state index contributed by atoms with van der Waals surface area (Å²) in [7, 11) is 0. The molecule has 2 amide bonds. The number of fused-ring (bicyclic) bond motifs is 1. The van der Waals surface area contributed by atoms with Gasteiger partial charge in [0.1, 0.15) is 17.7 Å². The van der Waals surface area contributed by atoms with E-state index in [2.05, 4.69) is 21.0 Å². The molecular weight excluding hydrogens is 434 g/mol. The van der Waals surface area contributed by atoms with Gasteiger partial charge >= 0.3 is 0 Å². The van der Waals surface area contributed by atoms with E-state index in [1.807, 2.05) is 12.1 Å². The van der Waals surface area contributed by atoms with E-state index >= 15 is 0 Å². The highest BCUT2D eigenvalue weighted by Crippen LogP contribution is 2.38. The molecule has 136 valence electrons. The lowest BCUT2D eigenvalue weighted by atomic mass is 9.95. The highest BCUT2D eigenvalue weighted by Gasteiger charge is 2.58. The molecule has 0 N–H and O–H groups in total. The summed E-state index contributed by atoms with van der Waals surface area (Å²) in [5.41, 5.74) is 1.14. The van der Waals surface area contributed by atoms with Gasteiger partial charge < -0.3 is 0 Å². The fraction of sp³-hybridized carbons (Fsp3) is 0.158. The van der Waals surface area contributed by atoms with E-state index in [0.717, 1.165) is 9.37 Å². The van der Waals surface area contributed by atoms with Gasteiger partial charge in [-0.1, -0.05) is 27.5 Å². The van der Waals surface area contributed by atoms with E-state index in [-0.39, 0.29) is 11.5 Å². The van der Waals surface area contributed by atoms with Gasteiger partial charge in [-0.05, 0) is 48.5 Å². The summed E-state index contributed by atoms with van der Waals surface area (Å²) < 4.78 is 0.870. The zero-order valence-electron chi connectivity index (χ0n) is 14.1. The van der Waals surface area contributed by atoms with Crippen LogP contribution in [-0.2, 0) is 14.4 Å². The molecule has 2 aromatic rings. The zero-order chi connectivity index (χ0) is 19.3. The number of benzene rings is 2. The Morgan fingerprint density at radius 3 is 2.19 bits per heavy atom. The van der Waals surface area contributed by atoms with Gasteiger partial charge in [0.05, 0.1) is 11.4 Å². The second kappa shape index (κ2) is 6.58. The number of hydrogen-bond acceptors (Lipinski definition) is 5. The molecule has 0 bridgehead atoms. The second-order valence-electron chi connectivity index (χ2n) is 6.27. The van der Waals surface area contributed by atoms with Gasteiger partial charge in [0, 0.05) is 16.4 Å². The monoisotopic (exact) mass is 445 g/mol. The Labute approximate surface area is 168 Å². The van der Waals surface area contributed by atoms with Crippen molar-refractivity contribution < 1.29 is 14.4 Å². The molecule has 2 atom stereocenters. The molecule has 8 heteroatoms. The predicted octanol–water partition coefficient (Wildman–Crippen LogP) is 3.43. The topological polar surface area (TPSA) is 70.1 Å². The third kappa shape index (κ3) is 2.87. The highest BCUT2D eigenvalue weighted by molar-refractivity contribution is 9.10. The van der Waals surface area contributed by atoms with Crippen LogP contribution in [0.2, 0.25) is 5.02 Å². The molecule has 1 saturated heterocycles. The fourth-order valence-electron chi connectivity index (χ4n) is 3.36. The Balaban J connectivity index is 1.79. The average molecular weight is 447 g/mol. The van der Waals surface area contributed by atoms with Crippen LogP contribution in [0.4, 0.5) is 11.4 Å². The lowest BCUT2D eigenvalue weighted by Crippen LogP contribution is -2.39. The Morgan fingerprint density at radius 1 is 1.00 bits per heavy atom. The first-order chi connectivity index (χ1) is 12.9. The number of anilines is 2. The number of Topliss-reactive ketones (excluding diaryl/α,β-unsaturated/α-hetero) is 1. The average Bonchev–Trinajstić information content (AvgIpc) is 3.15. The first-order valence-electron chi connectivity index (χ1n) is 8.16. The van der Waals surface area contributed by atoms with Crippen LogP contribution in [0, 0.1) is 5.92 Å². The number of carbonyl (C=O) groups excluding carboxylic acids is 3. The van der Waals surface area contributed by atoms with Gasteiger partial charge in [-0.3, -0.25) is 19.4 Å². The molecule has 4 rings (SSSR count). The number of ketones is 1. The van der Waals surface area contributed by atoms with Crippen molar-refractivity contribution in [3.8, 4) is 0 Å². The Kier molecular flexibility index (Phi) is 4.36. The van der Waals surface area contributed by atoms with E-state index in [1.54, 1.807) is 36.4 Å². The number of hydrogen-bond donors (Lipinski definition) is 0. The minimum atomic E-state index is -0.922. The number of hydrazone groups is 1. The molecule has 0 radical (unpaired) electrons. The van der Waals surface area contributed by atoms with Gasteiger partial charge in [0.2, 0.25) is 5.91 Å². The molecule has 1 fully saturated rings. The molecule has 2 aromatic carbocycles. The van der Waals surface area contributed by atoms with Crippen molar-refractivity contribution in [2.75, 3.05) is 9.91 Å². The molecule has 0 unspecified atom stereocenters. The lowest BCUT2D eigenvalue weighted by Gasteiger charge is -2.22. The van der Waals surface area contributed by atoms with E-state index in [4.69, 9.17) is 11.6 Å². The third-order valence-electron chi connectivity index (χ3n) is 4.59. The van der Waals surface area contributed by atoms with Crippen molar-refractivity contribution in [1.29, 1.82) is 0 Å². The van der Waals surface area contributed by atoms with Crippen LogP contribution < -0.4 is 9.91 Å². The minimum Gasteiger partial charge on any atom is -0.293 e. The number of rotatable bonds is 3. The van der Waals surface area contributed by atoms with Crippen LogP contribution in [0.3, 0.4) is 0 Å². The van der Waals surface area contributed by atoms with E-state index in [0.29, 0.717) is 16.4 Å². The third-order valence-corrected chi connectivity index (χ3v) is 5.37. The molecule has 0 spiro atoms. The summed E-state index contributed by atoms with van der Waals surface area (Å²) in [4.78, 5) is 39.4. The Bertz CT molecular complexity index is 988. The standard InChI is InChI=1S/C19H13BrClN3O3/c1-10(25)16-15-17(24(22-16)14-6-2-11(20)3-7-14)19(27)23(18(15)26)13-8-4-12(21)5-9-13/h2-9,15,17H,1H3/t15-,17-/m0/s1. The van der Waals surface area contributed by atoms with E-state index in [1.165, 1.54) is 11.9 Å². The second-order valence-corrected chi connectivity index (χ2v) is 7.63. The number of imide groups is 1. The minimum absolute atomic E-state index is 0.0951. The molecule has 0 aromatic heterocycles. The maximum atomic E-state index is 13.1. The Morgan fingerprint density at radius 2 is 1.59 bits per heavy atom. The van der Waals surface area contributed by atoms with Crippen LogP contribution in [0.15, 0.2) is 58.1 Å². The van der Waals surface area contributed by atoms with Crippen LogP contribution in [0.1, 0.15) is 6.92 Å². The van der Waals surface area contributed by atoms with Crippen molar-refractivity contribution in [2.45, 2.75) is 13.0 Å². The first kappa shape index (κ1) is 17.9. The van der Waals surface area contributed by atoms with Crippen molar-refractivity contribution in [1.82, 2.24) is 0 Å². The van der Waals surface area contributed by atoms with Crippen molar-refractivity contribution in [2.24, 2.45) is 11.0 Å². The first-order valence-corrected chi connectivity index (χ1v) is 9.33. The normalized spacial score (nSPS) is 21.5. The SMILES string of the molecule is CC(=O)C1=NN(c2ccc(Br)cc2)[C@@H]2C(=O)N(c3ccc(Cl)cc3)C(=O)[C@@H]12. The maximum Gasteiger partial charge on any atom is 0.259 e. The number of amides is 2. The molecular formula is C19H13BrClN3O3. The largest absolute Gasteiger partial charge is 0.293 e. The molecule has 27 heavy (non-hydrogen) atoms. The van der Waals surface area contributed by atoms with Gasteiger partial charge in [-0.2, -0.15) is 5.10 Å². The maximum absolute atomic E-state index is 13.1. The van der Waals surface area contributed by atoms with Gasteiger partial charge in [-0.15, -0.1) is 0 Å². The fourth-order valence-corrected chi connectivity index (χ4v) is 3.75. The van der Waals surface area contributed by atoms with Gasteiger partial charge in [0.25, 0.3) is 5.91 Å². The van der Waals surface area contributed by atoms with Crippen LogP contribution in [-0.4, -0.2) is 29.4 Å². The van der Waals surface area contributed by atoms with Crippen LogP contribution in [0.5, 0.6) is 0 Å². The van der Waals surface area contributed by atoms with Gasteiger partial charge in [-0.25, -0.2) is 4.90 Å². The number of halogens is 2. The molecule has 6 nitrogen and oxygen atoms in total. The number of nitrogens with zero attached hydrogens (tertiary/aromatic N) is 3.